The topological polar surface area (TPSA) is 132 Å². The van der Waals surface area contributed by atoms with Crippen molar-refractivity contribution in [3.05, 3.63) is 17.9 Å². The first kappa shape index (κ1) is 36.3. The van der Waals surface area contributed by atoms with Crippen molar-refractivity contribution in [2.24, 2.45) is 29.4 Å². The van der Waals surface area contributed by atoms with Crippen LogP contribution in [0, 0.1) is 29.5 Å². The fourth-order valence-corrected chi connectivity index (χ4v) is 6.92. The van der Waals surface area contributed by atoms with E-state index < -0.39 is 35.6 Å². The number of ether oxygens (including phenoxy) is 4. The van der Waals surface area contributed by atoms with Gasteiger partial charge in [0.2, 0.25) is 5.91 Å². The van der Waals surface area contributed by atoms with Gasteiger partial charge in [0.25, 0.3) is 0 Å². The van der Waals surface area contributed by atoms with Gasteiger partial charge < -0.3 is 40.2 Å². The van der Waals surface area contributed by atoms with Gasteiger partial charge in [0, 0.05) is 56.7 Å². The van der Waals surface area contributed by atoms with Gasteiger partial charge in [-0.2, -0.15) is 0 Å². The van der Waals surface area contributed by atoms with Crippen molar-refractivity contribution in [2.75, 3.05) is 27.4 Å². The molecule has 9 nitrogen and oxygen atoms in total. The largest absolute Gasteiger partial charge is 0.493 e. The van der Waals surface area contributed by atoms with Crippen LogP contribution in [0.5, 0.6) is 17.2 Å². The van der Waals surface area contributed by atoms with Crippen LogP contribution in [0.2, 0.25) is 0 Å². The number of nitrogens with two attached hydrogens (primary N) is 1. The third kappa shape index (κ3) is 10.2. The normalized spacial score (nSPS) is 25.1. The number of hydrogen-bond donors (Lipinski definition) is 4. The van der Waals surface area contributed by atoms with Crippen LogP contribution in [0.3, 0.4) is 0 Å². The summed E-state index contributed by atoms with van der Waals surface area (Å²) in [5.74, 6) is 0.299. The fourth-order valence-electron chi connectivity index (χ4n) is 6.92. The number of aliphatic hydroxyl groups excluding tert-OH is 1. The third-order valence-electron chi connectivity index (χ3n) is 9.66. The van der Waals surface area contributed by atoms with Gasteiger partial charge in [-0.1, -0.05) is 33.6 Å². The molecule has 3 rings (SSSR count). The number of rotatable bonds is 18. The van der Waals surface area contributed by atoms with Crippen molar-refractivity contribution < 1.29 is 38.3 Å². The molecule has 252 valence electrons. The molecule has 1 aromatic carbocycles. The molecule has 0 spiro atoms. The van der Waals surface area contributed by atoms with Gasteiger partial charge in [0.15, 0.2) is 23.1 Å². The minimum atomic E-state index is -0.944. The predicted molar refractivity (Wildman–Crippen MR) is 168 cm³/mol. The quantitative estimate of drug-likeness (QED) is 0.168. The van der Waals surface area contributed by atoms with Crippen LogP contribution in [0.25, 0.3) is 0 Å². The molecule has 5 N–H and O–H groups in total. The van der Waals surface area contributed by atoms with Crippen molar-refractivity contribution >= 4 is 5.91 Å². The summed E-state index contributed by atoms with van der Waals surface area (Å²) in [5, 5.41) is 25.3. The molecule has 2 aliphatic carbocycles. The van der Waals surface area contributed by atoms with Crippen LogP contribution in [-0.2, 0) is 9.53 Å². The predicted octanol–water partition coefficient (Wildman–Crippen LogP) is 4.98. The SMILES string of the molecule is CC[C@H](C[C@H](O)[C@@H](N)C[C@H](Oc1cc(OCCCOC)c(OC)cc1F)C(C)C)C(=O)NC(C)C1CC2CCCC(O)(C2)C1. The van der Waals surface area contributed by atoms with Gasteiger partial charge in [-0.3, -0.25) is 4.79 Å². The second kappa shape index (κ2) is 17.0. The molecule has 0 aromatic heterocycles. The van der Waals surface area contributed by atoms with Gasteiger partial charge in [-0.25, -0.2) is 4.39 Å². The van der Waals surface area contributed by atoms with Gasteiger partial charge in [0.05, 0.1) is 25.4 Å². The maximum atomic E-state index is 15.0. The lowest BCUT2D eigenvalue weighted by atomic mass is 9.64. The van der Waals surface area contributed by atoms with E-state index in [0.29, 0.717) is 37.7 Å². The number of carbonyl (C=O) groups excluding carboxylic acids is 1. The molecular weight excluding hydrogens is 567 g/mol. The Balaban J connectivity index is 1.58. The number of halogens is 1. The van der Waals surface area contributed by atoms with Gasteiger partial charge >= 0.3 is 0 Å². The van der Waals surface area contributed by atoms with E-state index in [1.807, 2.05) is 27.7 Å². The van der Waals surface area contributed by atoms with Crippen molar-refractivity contribution in [1.29, 1.82) is 0 Å². The Bertz CT molecular complexity index is 1040. The molecule has 0 heterocycles. The fraction of sp³-hybridized carbons (Fsp3) is 0.794. The lowest BCUT2D eigenvalue weighted by Gasteiger charge is -2.47. The van der Waals surface area contributed by atoms with Crippen molar-refractivity contribution in [3.63, 3.8) is 0 Å². The maximum Gasteiger partial charge on any atom is 0.223 e. The van der Waals surface area contributed by atoms with Gasteiger partial charge in [-0.05, 0) is 63.2 Å². The van der Waals surface area contributed by atoms with Crippen LogP contribution in [0.1, 0.15) is 91.9 Å². The highest BCUT2D eigenvalue weighted by Gasteiger charge is 2.43. The highest BCUT2D eigenvalue weighted by Crippen LogP contribution is 2.46. The Morgan fingerprint density at radius 2 is 1.89 bits per heavy atom. The number of benzene rings is 1. The van der Waals surface area contributed by atoms with E-state index in [-0.39, 0.29) is 48.1 Å². The van der Waals surface area contributed by atoms with Crippen LogP contribution in [0.4, 0.5) is 4.39 Å². The van der Waals surface area contributed by atoms with Crippen molar-refractivity contribution in [1.82, 2.24) is 5.32 Å². The molecule has 2 aliphatic rings. The summed E-state index contributed by atoms with van der Waals surface area (Å²) in [7, 11) is 3.06. The number of carbonyl (C=O) groups is 1. The Hall–Kier alpha value is -2.14. The second-order valence-corrected chi connectivity index (χ2v) is 13.5. The zero-order chi connectivity index (χ0) is 32.4. The number of nitrogens with one attached hydrogen (secondary N) is 1. The standard InChI is InChI=1S/C34H57FN2O7/c1-7-24(33(39)37-22(4)25-14-23-10-8-11-34(40,19-23)20-25)15-28(38)27(36)17-29(21(2)3)44-30-18-32(43-13-9-12-41-5)31(42-6)16-26(30)35/h16,18,21-25,27-29,38,40H,7-15,17,19-20,36H2,1-6H3,(H,37,39)/t22?,23?,24-,25?,27+,28+,29+,34?/m1/s1. The Morgan fingerprint density at radius 3 is 2.52 bits per heavy atom. The van der Waals surface area contributed by atoms with E-state index >= 15 is 0 Å². The molecular formula is C34H57FN2O7. The van der Waals surface area contributed by atoms with Crippen LogP contribution >= 0.6 is 0 Å². The molecule has 4 unspecified atom stereocenters. The first-order valence-electron chi connectivity index (χ1n) is 16.5. The molecule has 2 saturated carbocycles. The van der Waals surface area contributed by atoms with Crippen LogP contribution < -0.4 is 25.3 Å². The zero-order valence-corrected chi connectivity index (χ0v) is 27.6. The van der Waals surface area contributed by atoms with E-state index in [9.17, 15) is 19.4 Å². The Kier molecular flexibility index (Phi) is 14.0. The lowest BCUT2D eigenvalue weighted by Crippen LogP contribution is -2.50. The highest BCUT2D eigenvalue weighted by atomic mass is 19.1. The van der Waals surface area contributed by atoms with E-state index in [4.69, 9.17) is 24.7 Å². The first-order valence-corrected chi connectivity index (χ1v) is 16.5. The lowest BCUT2D eigenvalue weighted by molar-refractivity contribution is -0.128. The summed E-state index contributed by atoms with van der Waals surface area (Å²) >= 11 is 0. The summed E-state index contributed by atoms with van der Waals surface area (Å²) in [6.07, 6.45) is 5.98. The average Bonchev–Trinajstić information content (AvgIpc) is 2.97. The number of aliphatic hydroxyl groups is 2. The molecule has 2 fully saturated rings. The number of fused-ring (bicyclic) bond motifs is 2. The maximum absolute atomic E-state index is 15.0. The summed E-state index contributed by atoms with van der Waals surface area (Å²) < 4.78 is 37.2. The molecule has 10 heteroatoms. The monoisotopic (exact) mass is 624 g/mol. The third-order valence-corrected chi connectivity index (χ3v) is 9.66. The number of hydrogen-bond acceptors (Lipinski definition) is 8. The van der Waals surface area contributed by atoms with Gasteiger partial charge in [0.1, 0.15) is 6.10 Å². The minimum Gasteiger partial charge on any atom is -0.493 e. The first-order chi connectivity index (χ1) is 20.9. The summed E-state index contributed by atoms with van der Waals surface area (Å²) in [4.78, 5) is 13.3. The average molecular weight is 625 g/mol. The molecule has 8 atom stereocenters. The van der Waals surface area contributed by atoms with Crippen molar-refractivity contribution in [2.45, 2.75) is 122 Å². The molecule has 2 bridgehead atoms. The zero-order valence-electron chi connectivity index (χ0n) is 27.6. The molecule has 1 aromatic rings. The smallest absolute Gasteiger partial charge is 0.223 e. The molecule has 0 aliphatic heterocycles. The number of amides is 1. The molecule has 0 radical (unpaired) electrons. The van der Waals surface area contributed by atoms with Crippen molar-refractivity contribution in [3.8, 4) is 17.2 Å². The number of methoxy groups -OCH3 is 2. The van der Waals surface area contributed by atoms with E-state index in [1.54, 1.807) is 7.11 Å². The van der Waals surface area contributed by atoms with Crippen LogP contribution in [-0.4, -0.2) is 73.4 Å². The second-order valence-electron chi connectivity index (χ2n) is 13.5. The Morgan fingerprint density at radius 1 is 1.14 bits per heavy atom. The Labute approximate surface area is 263 Å². The summed E-state index contributed by atoms with van der Waals surface area (Å²) in [6, 6.07) is 1.98. The summed E-state index contributed by atoms with van der Waals surface area (Å²) in [6.45, 7) is 8.77. The van der Waals surface area contributed by atoms with Crippen LogP contribution in [0.15, 0.2) is 12.1 Å². The molecule has 44 heavy (non-hydrogen) atoms. The van der Waals surface area contributed by atoms with Gasteiger partial charge in [-0.15, -0.1) is 0 Å². The van der Waals surface area contributed by atoms with E-state index in [0.717, 1.165) is 38.5 Å². The highest BCUT2D eigenvalue weighted by molar-refractivity contribution is 5.79. The molecule has 1 amide bonds. The minimum absolute atomic E-state index is 0.0178. The van der Waals surface area contributed by atoms with E-state index in [2.05, 4.69) is 5.32 Å². The van der Waals surface area contributed by atoms with E-state index in [1.165, 1.54) is 19.2 Å². The summed E-state index contributed by atoms with van der Waals surface area (Å²) in [5.41, 5.74) is 5.87. The molecule has 0 saturated heterocycles.